The van der Waals surface area contributed by atoms with E-state index >= 15 is 0 Å². The Labute approximate surface area is 52.1 Å². The molecule has 0 N–H and O–H groups in total. The normalized spacial score (nSPS) is 14.7. The van der Waals surface area contributed by atoms with E-state index in [4.69, 9.17) is 0 Å². The largest absolute Gasteiger partial charge is 0.636 e. The fourth-order valence-corrected chi connectivity index (χ4v) is 0.521. The average Bonchev–Trinajstić information content (AvgIpc) is 1.64. The second-order valence-electron chi connectivity index (χ2n) is 0.912. The summed E-state index contributed by atoms with van der Waals surface area (Å²) in [7, 11) is -4.55. The second-order valence-corrected chi connectivity index (χ2v) is 2.17. The molecule has 0 aliphatic rings. The Morgan fingerprint density at radius 3 is 2.78 bits per heavy atom. The molecule has 9 heavy (non-hydrogen) atoms. The van der Waals surface area contributed by atoms with Gasteiger partial charge in [0.25, 0.3) is 0 Å². The van der Waals surface area contributed by atoms with Gasteiger partial charge < -0.3 is 9.05 Å². The van der Waals surface area contributed by atoms with Gasteiger partial charge in [0.2, 0.25) is 0 Å². The maximum Gasteiger partial charge on any atom is 0.636 e. The van der Waals surface area contributed by atoms with Gasteiger partial charge in [-0.05, 0) is 0 Å². The van der Waals surface area contributed by atoms with Crippen LogP contribution in [0.1, 0.15) is 0 Å². The first-order valence-electron chi connectivity index (χ1n) is 1.85. The van der Waals surface area contributed by atoms with E-state index in [0.717, 1.165) is 0 Å². The molecule has 5 heteroatoms. The Balaban J connectivity index is 3.90. The molecule has 0 saturated carbocycles. The molecular weight excluding hydrogens is 146 g/mol. The monoisotopic (exact) mass is 150 g/mol. The predicted molar refractivity (Wildman–Crippen MR) is 29.9 cm³/mol. The van der Waals surface area contributed by atoms with Crippen molar-refractivity contribution in [3.8, 4) is 12.5 Å². The lowest BCUT2D eigenvalue weighted by Crippen LogP contribution is -1.76. The highest BCUT2D eigenvalue weighted by Crippen LogP contribution is 2.49. The van der Waals surface area contributed by atoms with Gasteiger partial charge in [-0.25, -0.2) is 4.57 Å². The number of hydrogen-bond donors (Lipinski definition) is 0. The van der Waals surface area contributed by atoms with E-state index in [9.17, 15) is 8.76 Å². The topological polar surface area (TPSA) is 35.5 Å². The summed E-state index contributed by atoms with van der Waals surface area (Å²) in [5.41, 5.74) is 0. The molecule has 0 heterocycles. The Morgan fingerprint density at radius 1 is 1.89 bits per heavy atom. The van der Waals surface area contributed by atoms with Crippen molar-refractivity contribution in [2.45, 2.75) is 0 Å². The molecule has 0 amide bonds. The van der Waals surface area contributed by atoms with Crippen LogP contribution in [0.2, 0.25) is 0 Å². The lowest BCUT2D eigenvalue weighted by atomic mass is 11.2. The summed E-state index contributed by atoms with van der Waals surface area (Å²) in [5, 5.41) is 0. The molecule has 0 fully saturated rings. The fraction of sp³-hybridized carbons (Fsp3) is 0. The first-order chi connectivity index (χ1) is 4.12. The van der Waals surface area contributed by atoms with Gasteiger partial charge >= 0.3 is 7.91 Å². The number of rotatable bonds is 3. The maximum atomic E-state index is 12.0. The first-order valence-corrected chi connectivity index (χ1v) is 3.29. The highest BCUT2D eigenvalue weighted by atomic mass is 31.2. The SMILES string of the molecule is C#COP(=O)(F)OC=C. The van der Waals surface area contributed by atoms with E-state index < -0.39 is 7.91 Å². The second kappa shape index (κ2) is 3.16. The molecule has 0 aromatic carbocycles. The molecule has 1 unspecified atom stereocenters. The molecule has 1 atom stereocenters. The third-order valence-corrected chi connectivity index (χ3v) is 1.09. The van der Waals surface area contributed by atoms with Crippen LogP contribution >= 0.6 is 7.91 Å². The summed E-state index contributed by atoms with van der Waals surface area (Å²) in [6, 6.07) is 0. The molecule has 0 bridgehead atoms. The van der Waals surface area contributed by atoms with Gasteiger partial charge in [0.15, 0.2) is 0 Å². The first kappa shape index (κ1) is 8.06. The van der Waals surface area contributed by atoms with Crippen LogP contribution in [-0.2, 0) is 13.6 Å². The van der Waals surface area contributed by atoms with Crippen LogP contribution in [0.25, 0.3) is 0 Å². The minimum atomic E-state index is -4.55. The molecular formula is C4H4FO3P. The van der Waals surface area contributed by atoms with Gasteiger partial charge in [-0.15, -0.1) is 4.20 Å². The standard InChI is InChI=1S/C4H4FO3P/c1-3-7-9(5,6)8-4-2/h1,4H,2H2. The van der Waals surface area contributed by atoms with Gasteiger partial charge in [0, 0.05) is 0 Å². The van der Waals surface area contributed by atoms with Gasteiger partial charge in [-0.3, -0.25) is 0 Å². The van der Waals surface area contributed by atoms with Gasteiger partial charge in [-0.1, -0.05) is 13.0 Å². The average molecular weight is 150 g/mol. The van der Waals surface area contributed by atoms with Crippen LogP contribution in [0.15, 0.2) is 12.8 Å². The zero-order chi connectivity index (χ0) is 7.33. The Kier molecular flexibility index (Phi) is 2.83. The molecule has 0 aromatic rings. The van der Waals surface area contributed by atoms with Crippen LogP contribution in [0.3, 0.4) is 0 Å². The van der Waals surface area contributed by atoms with Crippen molar-refractivity contribution in [2.75, 3.05) is 0 Å². The van der Waals surface area contributed by atoms with Crippen molar-refractivity contribution in [2.24, 2.45) is 0 Å². The Hall–Kier alpha value is -0.940. The molecule has 0 aliphatic heterocycles. The number of halogens is 1. The van der Waals surface area contributed by atoms with Gasteiger partial charge in [0.1, 0.15) is 6.11 Å². The van der Waals surface area contributed by atoms with Crippen molar-refractivity contribution in [1.82, 2.24) is 0 Å². The highest BCUT2D eigenvalue weighted by Gasteiger charge is 2.23. The predicted octanol–water partition coefficient (Wildman–Crippen LogP) is 1.83. The van der Waals surface area contributed by atoms with Crippen LogP contribution in [0, 0.1) is 12.5 Å². The maximum absolute atomic E-state index is 12.0. The summed E-state index contributed by atoms with van der Waals surface area (Å²) in [4.78, 5) is 0. The number of hydrogen-bond acceptors (Lipinski definition) is 3. The molecule has 0 saturated heterocycles. The lowest BCUT2D eigenvalue weighted by Gasteiger charge is -2.00. The van der Waals surface area contributed by atoms with E-state index in [1.807, 2.05) is 0 Å². The van der Waals surface area contributed by atoms with Crippen LogP contribution in [0.5, 0.6) is 0 Å². The van der Waals surface area contributed by atoms with Crippen LogP contribution < -0.4 is 0 Å². The van der Waals surface area contributed by atoms with Crippen molar-refractivity contribution in [3.05, 3.63) is 12.8 Å². The van der Waals surface area contributed by atoms with E-state index in [2.05, 4.69) is 22.0 Å². The molecule has 50 valence electrons. The van der Waals surface area contributed by atoms with E-state index in [-0.39, 0.29) is 0 Å². The minimum Gasteiger partial charge on any atom is -0.400 e. The summed E-state index contributed by atoms with van der Waals surface area (Å²) < 4.78 is 29.4. The van der Waals surface area contributed by atoms with Crippen molar-refractivity contribution in [1.29, 1.82) is 0 Å². The minimum absolute atomic E-state index is 0.651. The summed E-state index contributed by atoms with van der Waals surface area (Å²) >= 11 is 0. The summed E-state index contributed by atoms with van der Waals surface area (Å²) in [5.74, 6) is 0. The van der Waals surface area contributed by atoms with E-state index in [1.165, 1.54) is 6.11 Å². The van der Waals surface area contributed by atoms with Crippen molar-refractivity contribution < 1.29 is 17.8 Å². The zero-order valence-electron chi connectivity index (χ0n) is 4.41. The summed E-state index contributed by atoms with van der Waals surface area (Å²) in [6.45, 7) is 2.95. The van der Waals surface area contributed by atoms with Crippen LogP contribution in [-0.4, -0.2) is 0 Å². The van der Waals surface area contributed by atoms with Crippen LogP contribution in [0.4, 0.5) is 4.20 Å². The fourth-order valence-electron chi connectivity index (χ4n) is 0.174. The summed E-state index contributed by atoms with van der Waals surface area (Å²) in [6.07, 6.45) is 6.48. The molecule has 0 aliphatic carbocycles. The van der Waals surface area contributed by atoms with Gasteiger partial charge in [0.05, 0.1) is 6.26 Å². The zero-order valence-corrected chi connectivity index (χ0v) is 5.31. The smallest absolute Gasteiger partial charge is 0.400 e. The number of terminal acetylenes is 1. The quantitative estimate of drug-likeness (QED) is 0.349. The van der Waals surface area contributed by atoms with E-state index in [1.54, 1.807) is 0 Å². The molecule has 0 radical (unpaired) electrons. The van der Waals surface area contributed by atoms with Gasteiger partial charge in [-0.2, -0.15) is 0 Å². The molecule has 0 rings (SSSR count). The highest BCUT2D eigenvalue weighted by molar-refractivity contribution is 7.48. The Morgan fingerprint density at radius 2 is 2.44 bits per heavy atom. The van der Waals surface area contributed by atoms with Crippen molar-refractivity contribution in [3.63, 3.8) is 0 Å². The third kappa shape index (κ3) is 3.63. The van der Waals surface area contributed by atoms with Crippen molar-refractivity contribution >= 4 is 7.91 Å². The molecule has 3 nitrogen and oxygen atoms in total. The Bertz CT molecular complexity index is 183. The molecule has 0 spiro atoms. The molecule has 0 aromatic heterocycles. The lowest BCUT2D eigenvalue weighted by molar-refractivity contribution is 0.296. The third-order valence-electron chi connectivity index (χ3n) is 0.362. The van der Waals surface area contributed by atoms with E-state index in [0.29, 0.717) is 6.26 Å².